The Morgan fingerprint density at radius 1 is 1.18 bits per heavy atom. The first kappa shape index (κ1) is 18.1. The minimum atomic E-state index is -0.499. The molecule has 2 aromatic rings. The number of morpholine rings is 1. The number of nitrogens with one attached hydrogen (secondary N) is 1. The number of quaternary nitrogens is 1. The number of allylic oxidation sites excluding steroid dienone is 1. The highest BCUT2D eigenvalue weighted by Gasteiger charge is 2.31. The van der Waals surface area contributed by atoms with Crippen LogP contribution in [0.25, 0.3) is 6.08 Å². The number of carbonyl (C=O) groups is 1. The zero-order valence-electron chi connectivity index (χ0n) is 15.0. The van der Waals surface area contributed by atoms with Gasteiger partial charge in [0.1, 0.15) is 25.4 Å². The van der Waals surface area contributed by atoms with Crippen LogP contribution in [-0.2, 0) is 11.3 Å². The van der Waals surface area contributed by atoms with Crippen molar-refractivity contribution in [1.82, 2.24) is 0 Å². The third-order valence-electron chi connectivity index (χ3n) is 4.90. The number of nitro groups is 1. The van der Waals surface area contributed by atoms with E-state index in [1.54, 1.807) is 12.1 Å². The number of ketones is 1. The molecule has 0 bridgehead atoms. The lowest BCUT2D eigenvalue weighted by Crippen LogP contribution is -3.12. The Labute approximate surface area is 160 Å². The number of fused-ring (bicyclic) bond motifs is 1. The number of ether oxygens (including phenoxy) is 2. The van der Waals surface area contributed by atoms with Crippen molar-refractivity contribution in [3.05, 3.63) is 69.0 Å². The van der Waals surface area contributed by atoms with Crippen molar-refractivity contribution in [3.63, 3.8) is 0 Å². The standard InChI is InChI=1S/C20H18N2O6/c23-17-5-4-15-19(24)18(11-13-2-1-3-14(10-13)22(25)26)28-20(15)16(17)12-21-6-8-27-9-7-21/h1-5,10-11,23H,6-9,12H2. The summed E-state index contributed by atoms with van der Waals surface area (Å²) in [6.45, 7) is 3.30. The fraction of sp³-hybridized carbons (Fsp3) is 0.250. The van der Waals surface area contributed by atoms with Crippen molar-refractivity contribution >= 4 is 17.5 Å². The van der Waals surface area contributed by atoms with E-state index in [9.17, 15) is 20.0 Å². The van der Waals surface area contributed by atoms with Crippen LogP contribution in [0.3, 0.4) is 0 Å². The molecule has 8 nitrogen and oxygen atoms in total. The Morgan fingerprint density at radius 2 is 1.96 bits per heavy atom. The number of Topliss-reactive ketones (excluding diaryl/α,β-unsaturated/α-hetero) is 1. The normalized spacial score (nSPS) is 18.1. The Hall–Kier alpha value is -3.23. The topological polar surface area (TPSA) is 106 Å². The van der Waals surface area contributed by atoms with Crippen molar-refractivity contribution in [1.29, 1.82) is 0 Å². The lowest BCUT2D eigenvalue weighted by Gasteiger charge is -2.26. The summed E-state index contributed by atoms with van der Waals surface area (Å²) in [5.41, 5.74) is 1.23. The van der Waals surface area contributed by atoms with Gasteiger partial charge in [0.25, 0.3) is 5.69 Å². The summed E-state index contributed by atoms with van der Waals surface area (Å²) in [4.78, 5) is 24.4. The molecule has 0 unspecified atom stereocenters. The van der Waals surface area contributed by atoms with Gasteiger partial charge in [-0.05, 0) is 17.7 Å². The molecule has 2 aliphatic rings. The molecule has 28 heavy (non-hydrogen) atoms. The quantitative estimate of drug-likeness (QED) is 0.474. The molecule has 0 aromatic heterocycles. The van der Waals surface area contributed by atoms with Crippen LogP contribution < -0.4 is 14.7 Å². The second kappa shape index (κ2) is 7.41. The number of benzene rings is 2. The molecule has 144 valence electrons. The maximum absolute atomic E-state index is 12.7. The first-order chi connectivity index (χ1) is 13.5. The van der Waals surface area contributed by atoms with Gasteiger partial charge in [-0.2, -0.15) is 0 Å². The number of hydrogen-bond acceptors (Lipinski definition) is 6. The molecular formula is C20H18N2O6. The van der Waals surface area contributed by atoms with Gasteiger partial charge in [-0.25, -0.2) is 0 Å². The third kappa shape index (κ3) is 3.47. The molecule has 8 heteroatoms. The number of nitro benzene ring substituents is 1. The monoisotopic (exact) mass is 382 g/mol. The first-order valence-corrected chi connectivity index (χ1v) is 8.96. The lowest BCUT2D eigenvalue weighted by atomic mass is 10.0. The van der Waals surface area contributed by atoms with Crippen molar-refractivity contribution in [2.24, 2.45) is 0 Å². The van der Waals surface area contributed by atoms with Gasteiger partial charge in [-0.1, -0.05) is 23.9 Å². The molecule has 2 heterocycles. The smallest absolute Gasteiger partial charge is 0.270 e. The second-order valence-electron chi connectivity index (χ2n) is 6.75. The number of non-ortho nitro benzene ring substituents is 1. The highest BCUT2D eigenvalue weighted by Crippen LogP contribution is 2.38. The zero-order chi connectivity index (χ0) is 19.7. The van der Waals surface area contributed by atoms with Crippen LogP contribution in [-0.4, -0.2) is 37.0 Å². The largest absolute Gasteiger partial charge is 0.872 e. The number of carbonyl (C=O) groups excluding carboxylic acids is 1. The number of nitrogens with zero attached hydrogens (tertiary/aromatic N) is 1. The van der Waals surface area contributed by atoms with Gasteiger partial charge >= 0.3 is 0 Å². The lowest BCUT2D eigenvalue weighted by molar-refractivity contribution is -0.921. The van der Waals surface area contributed by atoms with E-state index in [0.717, 1.165) is 13.1 Å². The minimum Gasteiger partial charge on any atom is -0.872 e. The summed E-state index contributed by atoms with van der Waals surface area (Å²) in [5, 5.41) is 23.4. The van der Waals surface area contributed by atoms with Crippen LogP contribution in [0.2, 0.25) is 0 Å². The number of hydrogen-bond donors (Lipinski definition) is 1. The molecule has 0 atom stereocenters. The number of rotatable bonds is 4. The first-order valence-electron chi connectivity index (χ1n) is 8.96. The average molecular weight is 382 g/mol. The molecule has 0 spiro atoms. The summed E-state index contributed by atoms with van der Waals surface area (Å²) in [7, 11) is 0. The molecule has 0 amide bonds. The molecule has 0 radical (unpaired) electrons. The summed E-state index contributed by atoms with van der Waals surface area (Å²) in [6, 6.07) is 8.81. The van der Waals surface area contributed by atoms with Crippen molar-refractivity contribution < 1.29 is 29.2 Å². The van der Waals surface area contributed by atoms with Crippen LogP contribution in [0.4, 0.5) is 5.69 Å². The van der Waals surface area contributed by atoms with E-state index in [1.807, 2.05) is 0 Å². The summed E-state index contributed by atoms with van der Waals surface area (Å²) >= 11 is 0. The SMILES string of the molecule is O=C1C(=Cc2cccc([N+](=O)[O-])c2)Oc2c1ccc([O-])c2C[NH+]1CCOCC1. The van der Waals surface area contributed by atoms with Gasteiger partial charge in [0.15, 0.2) is 5.76 Å². The van der Waals surface area contributed by atoms with Gasteiger partial charge in [-0.15, -0.1) is 0 Å². The molecule has 1 fully saturated rings. The van der Waals surface area contributed by atoms with Crippen LogP contribution in [0.5, 0.6) is 11.5 Å². The minimum absolute atomic E-state index is 0.0549. The van der Waals surface area contributed by atoms with E-state index in [1.165, 1.54) is 35.2 Å². The van der Waals surface area contributed by atoms with Crippen LogP contribution >= 0.6 is 0 Å². The highest BCUT2D eigenvalue weighted by atomic mass is 16.6. The third-order valence-corrected chi connectivity index (χ3v) is 4.90. The zero-order valence-corrected chi connectivity index (χ0v) is 15.0. The van der Waals surface area contributed by atoms with E-state index < -0.39 is 4.92 Å². The van der Waals surface area contributed by atoms with E-state index in [4.69, 9.17) is 9.47 Å². The molecule has 1 saturated heterocycles. The fourth-order valence-corrected chi connectivity index (χ4v) is 3.42. The molecule has 1 N–H and O–H groups in total. The fourth-order valence-electron chi connectivity index (χ4n) is 3.42. The molecule has 4 rings (SSSR count). The van der Waals surface area contributed by atoms with Gasteiger partial charge in [-0.3, -0.25) is 14.9 Å². The van der Waals surface area contributed by atoms with Gasteiger partial charge in [0, 0.05) is 17.7 Å². The second-order valence-corrected chi connectivity index (χ2v) is 6.75. The summed E-state index contributed by atoms with van der Waals surface area (Å²) in [6.07, 6.45) is 1.46. The van der Waals surface area contributed by atoms with Gasteiger partial charge in [0.05, 0.1) is 23.7 Å². The molecule has 2 aliphatic heterocycles. The predicted molar refractivity (Wildman–Crippen MR) is 97.1 cm³/mol. The van der Waals surface area contributed by atoms with Crippen LogP contribution in [0, 0.1) is 10.1 Å². The predicted octanol–water partition coefficient (Wildman–Crippen LogP) is 0.700. The Balaban J connectivity index is 1.65. The molecule has 2 aromatic carbocycles. The van der Waals surface area contributed by atoms with Crippen molar-refractivity contribution in [2.75, 3.05) is 26.3 Å². The highest BCUT2D eigenvalue weighted by molar-refractivity contribution is 6.15. The Kier molecular flexibility index (Phi) is 4.81. The Morgan fingerprint density at radius 3 is 2.71 bits per heavy atom. The summed E-state index contributed by atoms with van der Waals surface area (Å²) < 4.78 is 11.1. The van der Waals surface area contributed by atoms with Gasteiger partial charge < -0.3 is 19.5 Å². The van der Waals surface area contributed by atoms with E-state index in [2.05, 4.69) is 0 Å². The maximum atomic E-state index is 12.7. The van der Waals surface area contributed by atoms with Crippen molar-refractivity contribution in [2.45, 2.75) is 6.54 Å². The van der Waals surface area contributed by atoms with E-state index in [-0.39, 0.29) is 23.0 Å². The van der Waals surface area contributed by atoms with E-state index >= 15 is 0 Å². The molecule has 0 aliphatic carbocycles. The molecular weight excluding hydrogens is 364 g/mol. The van der Waals surface area contributed by atoms with Gasteiger partial charge in [0.2, 0.25) is 5.78 Å². The summed E-state index contributed by atoms with van der Waals surface area (Å²) in [5.74, 6) is -0.144. The Bertz CT molecular complexity index is 979. The maximum Gasteiger partial charge on any atom is 0.270 e. The average Bonchev–Trinajstić information content (AvgIpc) is 3.01. The van der Waals surface area contributed by atoms with E-state index in [0.29, 0.717) is 42.2 Å². The van der Waals surface area contributed by atoms with Crippen molar-refractivity contribution in [3.8, 4) is 11.5 Å². The van der Waals surface area contributed by atoms with Crippen LogP contribution in [0.1, 0.15) is 21.5 Å². The molecule has 0 saturated carbocycles. The van der Waals surface area contributed by atoms with Crippen LogP contribution in [0.15, 0.2) is 42.2 Å².